The number of hydrogen-bond donors (Lipinski definition) is 0. The van der Waals surface area contributed by atoms with E-state index in [1.54, 1.807) is 7.11 Å². The standard InChI is InChI=1S/C16H23NO/c1-11(2)13(4)10-15(17-5)14-9-7-8-12(3)16(14)18-6/h7-9,11H,4,10H2,1-3,5-6H3. The molecule has 0 aliphatic rings. The molecule has 0 spiro atoms. The highest BCUT2D eigenvalue weighted by atomic mass is 16.5. The fourth-order valence-electron chi connectivity index (χ4n) is 1.86. The number of hydrogen-bond acceptors (Lipinski definition) is 2. The van der Waals surface area contributed by atoms with Crippen LogP contribution in [0.1, 0.15) is 31.4 Å². The molecule has 0 bridgehead atoms. The van der Waals surface area contributed by atoms with Gasteiger partial charge in [-0.2, -0.15) is 0 Å². The highest BCUT2D eigenvalue weighted by Gasteiger charge is 2.13. The number of rotatable bonds is 5. The van der Waals surface area contributed by atoms with Crippen LogP contribution in [0.2, 0.25) is 0 Å². The minimum absolute atomic E-state index is 0.470. The zero-order chi connectivity index (χ0) is 13.7. The van der Waals surface area contributed by atoms with Crippen molar-refractivity contribution in [1.29, 1.82) is 0 Å². The largest absolute Gasteiger partial charge is 0.496 e. The Labute approximate surface area is 110 Å². The molecule has 0 heterocycles. The normalized spacial score (nSPS) is 11.8. The average Bonchev–Trinajstić information content (AvgIpc) is 2.35. The summed E-state index contributed by atoms with van der Waals surface area (Å²) in [7, 11) is 3.53. The summed E-state index contributed by atoms with van der Waals surface area (Å²) in [6, 6.07) is 6.14. The Hall–Kier alpha value is -1.57. The molecule has 0 aliphatic carbocycles. The van der Waals surface area contributed by atoms with Crippen molar-refractivity contribution in [2.45, 2.75) is 27.2 Å². The summed E-state index contributed by atoms with van der Waals surface area (Å²) >= 11 is 0. The Morgan fingerprint density at radius 3 is 2.56 bits per heavy atom. The molecule has 0 amide bonds. The van der Waals surface area contributed by atoms with Gasteiger partial charge in [-0.3, -0.25) is 4.99 Å². The van der Waals surface area contributed by atoms with Gasteiger partial charge in [-0.05, 0) is 24.5 Å². The minimum atomic E-state index is 0.470. The molecular formula is C16H23NO. The Balaban J connectivity index is 3.11. The van der Waals surface area contributed by atoms with Crippen LogP contribution in [0.15, 0.2) is 35.3 Å². The van der Waals surface area contributed by atoms with E-state index < -0.39 is 0 Å². The fourth-order valence-corrected chi connectivity index (χ4v) is 1.86. The predicted molar refractivity (Wildman–Crippen MR) is 78.8 cm³/mol. The summed E-state index contributed by atoms with van der Waals surface area (Å²) in [5, 5.41) is 0. The number of benzene rings is 1. The molecule has 0 unspecified atom stereocenters. The molecule has 0 fully saturated rings. The molecule has 0 saturated carbocycles. The first-order chi connectivity index (χ1) is 8.51. The van der Waals surface area contributed by atoms with Crippen LogP contribution in [0.25, 0.3) is 0 Å². The Bertz CT molecular complexity index is 458. The third-order valence-corrected chi connectivity index (χ3v) is 3.21. The molecule has 0 aromatic heterocycles. The number of aryl methyl sites for hydroxylation is 1. The zero-order valence-electron chi connectivity index (χ0n) is 12.1. The maximum absolute atomic E-state index is 5.49. The van der Waals surface area contributed by atoms with Crippen LogP contribution in [0.3, 0.4) is 0 Å². The van der Waals surface area contributed by atoms with E-state index in [9.17, 15) is 0 Å². The van der Waals surface area contributed by atoms with Crippen LogP contribution < -0.4 is 4.74 Å². The van der Waals surface area contributed by atoms with E-state index in [2.05, 4.69) is 31.5 Å². The SMILES string of the molecule is C=C(CC(=NC)c1cccc(C)c1OC)C(C)C. The topological polar surface area (TPSA) is 21.6 Å². The van der Waals surface area contributed by atoms with Gasteiger partial charge in [0.05, 0.1) is 7.11 Å². The van der Waals surface area contributed by atoms with E-state index in [0.29, 0.717) is 5.92 Å². The predicted octanol–water partition coefficient (Wildman–Crippen LogP) is 4.02. The lowest BCUT2D eigenvalue weighted by Gasteiger charge is -2.15. The summed E-state index contributed by atoms with van der Waals surface area (Å²) < 4.78 is 5.49. The van der Waals surface area contributed by atoms with Gasteiger partial charge in [-0.25, -0.2) is 0 Å². The second-order valence-corrected chi connectivity index (χ2v) is 4.82. The van der Waals surface area contributed by atoms with Crippen LogP contribution >= 0.6 is 0 Å². The van der Waals surface area contributed by atoms with Gasteiger partial charge in [0.2, 0.25) is 0 Å². The molecule has 0 saturated heterocycles. The van der Waals surface area contributed by atoms with Gasteiger partial charge in [0.15, 0.2) is 0 Å². The second-order valence-electron chi connectivity index (χ2n) is 4.82. The van der Waals surface area contributed by atoms with Gasteiger partial charge in [0.25, 0.3) is 0 Å². The maximum Gasteiger partial charge on any atom is 0.130 e. The van der Waals surface area contributed by atoms with E-state index in [4.69, 9.17) is 4.74 Å². The van der Waals surface area contributed by atoms with E-state index >= 15 is 0 Å². The van der Waals surface area contributed by atoms with E-state index in [-0.39, 0.29) is 0 Å². The van der Waals surface area contributed by atoms with Gasteiger partial charge in [-0.1, -0.05) is 38.1 Å². The van der Waals surface area contributed by atoms with Crippen LogP contribution in [0, 0.1) is 12.8 Å². The third-order valence-electron chi connectivity index (χ3n) is 3.21. The highest BCUT2D eigenvalue weighted by Crippen LogP contribution is 2.26. The smallest absolute Gasteiger partial charge is 0.130 e. The second kappa shape index (κ2) is 6.39. The van der Waals surface area contributed by atoms with Crippen LogP contribution in [0.4, 0.5) is 0 Å². The van der Waals surface area contributed by atoms with Crippen molar-refractivity contribution in [3.8, 4) is 5.75 Å². The minimum Gasteiger partial charge on any atom is -0.496 e. The molecule has 0 aliphatic heterocycles. The Morgan fingerprint density at radius 2 is 2.06 bits per heavy atom. The van der Waals surface area contributed by atoms with Crippen LogP contribution in [-0.4, -0.2) is 19.9 Å². The number of methoxy groups -OCH3 is 1. The highest BCUT2D eigenvalue weighted by molar-refractivity contribution is 6.04. The van der Waals surface area contributed by atoms with Gasteiger partial charge in [0.1, 0.15) is 5.75 Å². The van der Waals surface area contributed by atoms with Crippen LogP contribution in [-0.2, 0) is 0 Å². The number of allylic oxidation sites excluding steroid dienone is 1. The molecular weight excluding hydrogens is 222 g/mol. The zero-order valence-corrected chi connectivity index (χ0v) is 12.1. The van der Waals surface area contributed by atoms with E-state index in [1.165, 1.54) is 5.57 Å². The molecule has 18 heavy (non-hydrogen) atoms. The summed E-state index contributed by atoms with van der Waals surface area (Å²) in [6.07, 6.45) is 0.800. The molecule has 0 N–H and O–H groups in total. The molecule has 0 atom stereocenters. The number of ether oxygens (including phenoxy) is 1. The number of para-hydroxylation sites is 1. The molecule has 98 valence electrons. The van der Waals surface area contributed by atoms with Crippen molar-refractivity contribution >= 4 is 5.71 Å². The maximum atomic E-state index is 5.49. The summed E-state index contributed by atoms with van der Waals surface area (Å²) in [6.45, 7) is 10.5. The van der Waals surface area contributed by atoms with Gasteiger partial charge >= 0.3 is 0 Å². The van der Waals surface area contributed by atoms with Crippen LogP contribution in [0.5, 0.6) is 5.75 Å². The number of aliphatic imine (C=N–C) groups is 1. The summed E-state index contributed by atoms with van der Waals surface area (Å²) in [5.74, 6) is 1.38. The van der Waals surface area contributed by atoms with Crippen molar-refractivity contribution in [3.63, 3.8) is 0 Å². The molecule has 1 rings (SSSR count). The van der Waals surface area contributed by atoms with Crippen molar-refractivity contribution in [3.05, 3.63) is 41.5 Å². The lowest BCUT2D eigenvalue weighted by Crippen LogP contribution is -2.08. The van der Waals surface area contributed by atoms with Crippen molar-refractivity contribution in [2.24, 2.45) is 10.9 Å². The first-order valence-corrected chi connectivity index (χ1v) is 6.28. The molecule has 2 heteroatoms. The van der Waals surface area contributed by atoms with E-state index in [0.717, 1.165) is 29.0 Å². The summed E-state index contributed by atoms with van der Waals surface area (Å²) in [4.78, 5) is 4.41. The van der Waals surface area contributed by atoms with E-state index in [1.807, 2.05) is 26.1 Å². The van der Waals surface area contributed by atoms with Crippen molar-refractivity contribution in [2.75, 3.05) is 14.2 Å². The molecule has 0 radical (unpaired) electrons. The lowest BCUT2D eigenvalue weighted by molar-refractivity contribution is 0.410. The summed E-state index contributed by atoms with van der Waals surface area (Å²) in [5.41, 5.74) is 4.43. The first-order valence-electron chi connectivity index (χ1n) is 6.28. The third kappa shape index (κ3) is 3.22. The van der Waals surface area contributed by atoms with Gasteiger partial charge in [-0.15, -0.1) is 0 Å². The van der Waals surface area contributed by atoms with Gasteiger partial charge in [0, 0.05) is 24.7 Å². The molecule has 2 nitrogen and oxygen atoms in total. The van der Waals surface area contributed by atoms with Gasteiger partial charge < -0.3 is 4.74 Å². The molecule has 1 aromatic carbocycles. The Kier molecular flexibility index (Phi) is 5.14. The first kappa shape index (κ1) is 14.5. The van der Waals surface area contributed by atoms with Crippen molar-refractivity contribution in [1.82, 2.24) is 0 Å². The molecule has 1 aromatic rings. The Morgan fingerprint density at radius 1 is 1.39 bits per heavy atom. The average molecular weight is 245 g/mol. The quantitative estimate of drug-likeness (QED) is 0.567. The number of nitrogens with zero attached hydrogens (tertiary/aromatic N) is 1. The lowest BCUT2D eigenvalue weighted by atomic mass is 9.94. The fraction of sp³-hybridized carbons (Fsp3) is 0.438. The van der Waals surface area contributed by atoms with Crippen molar-refractivity contribution < 1.29 is 4.74 Å². The monoisotopic (exact) mass is 245 g/mol.